The standard InChI is InChI=1S/C33H21N3/c1-3-11-26-22(8-1)10-7-13-28(26)33-35-31(25-17-15-24(16-18-25)30-14-5-6-21-34-30)29-20-19-23-9-2-4-12-27(23)32(29)36-33/h1-21H. The summed E-state index contributed by atoms with van der Waals surface area (Å²) >= 11 is 0. The van der Waals surface area contributed by atoms with Crippen LogP contribution in [0.5, 0.6) is 0 Å². The largest absolute Gasteiger partial charge is 0.256 e. The van der Waals surface area contributed by atoms with E-state index in [9.17, 15) is 0 Å². The first-order chi connectivity index (χ1) is 17.8. The second-order valence-electron chi connectivity index (χ2n) is 8.90. The molecule has 0 radical (unpaired) electrons. The van der Waals surface area contributed by atoms with Gasteiger partial charge in [0, 0.05) is 33.7 Å². The van der Waals surface area contributed by atoms with E-state index in [2.05, 4.69) is 108 Å². The zero-order chi connectivity index (χ0) is 23.9. The third-order valence-electron chi connectivity index (χ3n) is 6.74. The molecular weight excluding hydrogens is 438 g/mol. The Kier molecular flexibility index (Phi) is 4.78. The molecular formula is C33H21N3. The summed E-state index contributed by atoms with van der Waals surface area (Å²) < 4.78 is 0. The highest BCUT2D eigenvalue weighted by molar-refractivity contribution is 6.10. The van der Waals surface area contributed by atoms with Gasteiger partial charge in [0.05, 0.1) is 16.9 Å². The fourth-order valence-electron chi connectivity index (χ4n) is 4.96. The Labute approximate surface area is 208 Å². The van der Waals surface area contributed by atoms with Gasteiger partial charge in [0.25, 0.3) is 0 Å². The molecule has 3 nitrogen and oxygen atoms in total. The zero-order valence-corrected chi connectivity index (χ0v) is 19.5. The maximum absolute atomic E-state index is 5.17. The predicted octanol–water partition coefficient (Wildman–Crippen LogP) is 8.33. The van der Waals surface area contributed by atoms with Crippen molar-refractivity contribution in [1.82, 2.24) is 15.0 Å². The maximum Gasteiger partial charge on any atom is 0.161 e. The Balaban J connectivity index is 1.50. The number of aromatic nitrogens is 3. The molecule has 0 aliphatic rings. The molecule has 0 unspecified atom stereocenters. The van der Waals surface area contributed by atoms with E-state index in [1.54, 1.807) is 0 Å². The number of pyridine rings is 1. The van der Waals surface area contributed by atoms with Crippen molar-refractivity contribution in [3.63, 3.8) is 0 Å². The van der Waals surface area contributed by atoms with E-state index in [-0.39, 0.29) is 0 Å². The van der Waals surface area contributed by atoms with Crippen molar-refractivity contribution in [1.29, 1.82) is 0 Å². The topological polar surface area (TPSA) is 38.7 Å². The minimum absolute atomic E-state index is 0.736. The van der Waals surface area contributed by atoms with Crippen LogP contribution < -0.4 is 0 Å². The minimum Gasteiger partial charge on any atom is -0.256 e. The average molecular weight is 460 g/mol. The quantitative estimate of drug-likeness (QED) is 0.249. The lowest BCUT2D eigenvalue weighted by Gasteiger charge is -2.13. The van der Waals surface area contributed by atoms with Crippen LogP contribution in [-0.4, -0.2) is 15.0 Å². The first-order valence-corrected chi connectivity index (χ1v) is 12.0. The molecule has 0 aliphatic carbocycles. The van der Waals surface area contributed by atoms with Gasteiger partial charge in [-0.15, -0.1) is 0 Å². The first kappa shape index (κ1) is 20.5. The Bertz CT molecular complexity index is 1870. The lowest BCUT2D eigenvalue weighted by atomic mass is 9.99. The van der Waals surface area contributed by atoms with Crippen LogP contribution in [0.15, 0.2) is 128 Å². The van der Waals surface area contributed by atoms with Crippen LogP contribution in [0.1, 0.15) is 0 Å². The van der Waals surface area contributed by atoms with Gasteiger partial charge >= 0.3 is 0 Å². The molecule has 3 heteroatoms. The van der Waals surface area contributed by atoms with E-state index in [1.807, 2.05) is 24.4 Å². The highest BCUT2D eigenvalue weighted by Crippen LogP contribution is 2.35. The third-order valence-corrected chi connectivity index (χ3v) is 6.74. The van der Waals surface area contributed by atoms with Crippen molar-refractivity contribution in [2.24, 2.45) is 0 Å². The summed E-state index contributed by atoms with van der Waals surface area (Å²) in [4.78, 5) is 14.8. The molecule has 168 valence electrons. The Morgan fingerprint density at radius 1 is 0.444 bits per heavy atom. The molecule has 5 aromatic carbocycles. The van der Waals surface area contributed by atoms with Crippen LogP contribution in [0.4, 0.5) is 0 Å². The number of nitrogens with zero attached hydrogens (tertiary/aromatic N) is 3. The van der Waals surface area contributed by atoms with Gasteiger partial charge in [0.1, 0.15) is 0 Å². The van der Waals surface area contributed by atoms with E-state index in [1.165, 1.54) is 10.8 Å². The van der Waals surface area contributed by atoms with E-state index >= 15 is 0 Å². The van der Waals surface area contributed by atoms with Crippen molar-refractivity contribution in [2.75, 3.05) is 0 Å². The molecule has 0 fully saturated rings. The van der Waals surface area contributed by atoms with Crippen molar-refractivity contribution in [3.8, 4) is 33.9 Å². The van der Waals surface area contributed by atoms with Gasteiger partial charge < -0.3 is 0 Å². The number of hydrogen-bond acceptors (Lipinski definition) is 3. The number of hydrogen-bond donors (Lipinski definition) is 0. The van der Waals surface area contributed by atoms with Gasteiger partial charge in [0.15, 0.2) is 5.82 Å². The Morgan fingerprint density at radius 2 is 1.14 bits per heavy atom. The van der Waals surface area contributed by atoms with E-state index < -0.39 is 0 Å². The predicted molar refractivity (Wildman–Crippen MR) is 149 cm³/mol. The Morgan fingerprint density at radius 3 is 1.94 bits per heavy atom. The minimum atomic E-state index is 0.736. The van der Waals surface area contributed by atoms with E-state index in [0.29, 0.717) is 0 Å². The van der Waals surface area contributed by atoms with Crippen molar-refractivity contribution < 1.29 is 0 Å². The summed E-state index contributed by atoms with van der Waals surface area (Å²) in [5.41, 5.74) is 6.03. The summed E-state index contributed by atoms with van der Waals surface area (Å²) in [6, 6.07) is 41.9. The fraction of sp³-hybridized carbons (Fsp3) is 0. The molecule has 7 aromatic rings. The fourth-order valence-corrected chi connectivity index (χ4v) is 4.96. The van der Waals surface area contributed by atoms with E-state index in [4.69, 9.17) is 9.97 Å². The first-order valence-electron chi connectivity index (χ1n) is 12.0. The van der Waals surface area contributed by atoms with Crippen LogP contribution in [0, 0.1) is 0 Å². The second kappa shape index (κ2) is 8.40. The van der Waals surface area contributed by atoms with Crippen LogP contribution in [0.2, 0.25) is 0 Å². The molecule has 2 aromatic heterocycles. The summed E-state index contributed by atoms with van der Waals surface area (Å²) in [6.07, 6.45) is 1.82. The van der Waals surface area contributed by atoms with Crippen molar-refractivity contribution in [3.05, 3.63) is 128 Å². The normalized spacial score (nSPS) is 11.3. The monoisotopic (exact) mass is 459 g/mol. The smallest absolute Gasteiger partial charge is 0.161 e. The lowest BCUT2D eigenvalue weighted by molar-refractivity contribution is 1.24. The molecule has 36 heavy (non-hydrogen) atoms. The van der Waals surface area contributed by atoms with Crippen molar-refractivity contribution >= 4 is 32.4 Å². The van der Waals surface area contributed by atoms with Gasteiger partial charge in [-0.25, -0.2) is 9.97 Å². The summed E-state index contributed by atoms with van der Waals surface area (Å²) in [5.74, 6) is 0.736. The van der Waals surface area contributed by atoms with Crippen molar-refractivity contribution in [2.45, 2.75) is 0 Å². The molecule has 0 atom stereocenters. The van der Waals surface area contributed by atoms with Gasteiger partial charge in [-0.1, -0.05) is 103 Å². The maximum atomic E-state index is 5.17. The highest BCUT2D eigenvalue weighted by Gasteiger charge is 2.15. The Hall–Kier alpha value is -4.89. The van der Waals surface area contributed by atoms with Crippen LogP contribution in [0.3, 0.4) is 0 Å². The average Bonchev–Trinajstić information content (AvgIpc) is 2.97. The van der Waals surface area contributed by atoms with Gasteiger partial charge in [-0.2, -0.15) is 0 Å². The molecule has 0 aliphatic heterocycles. The molecule has 0 amide bonds. The zero-order valence-electron chi connectivity index (χ0n) is 19.5. The number of benzene rings is 5. The molecule has 0 saturated heterocycles. The molecule has 0 saturated carbocycles. The van der Waals surface area contributed by atoms with E-state index in [0.717, 1.165) is 55.6 Å². The SMILES string of the molecule is c1ccc(-c2ccc(-c3nc(-c4cccc5ccccc45)nc4c3ccc3ccccc34)cc2)nc1. The number of fused-ring (bicyclic) bond motifs is 4. The molecule has 0 bridgehead atoms. The lowest BCUT2D eigenvalue weighted by Crippen LogP contribution is -1.97. The summed E-state index contributed by atoms with van der Waals surface area (Å²) in [5, 5.41) is 5.67. The van der Waals surface area contributed by atoms with Crippen LogP contribution >= 0.6 is 0 Å². The van der Waals surface area contributed by atoms with Gasteiger partial charge in [-0.3, -0.25) is 4.98 Å². The summed E-state index contributed by atoms with van der Waals surface area (Å²) in [7, 11) is 0. The second-order valence-corrected chi connectivity index (χ2v) is 8.90. The van der Waals surface area contributed by atoms with Gasteiger partial charge in [-0.05, 0) is 34.4 Å². The van der Waals surface area contributed by atoms with Crippen LogP contribution in [-0.2, 0) is 0 Å². The molecule has 7 rings (SSSR count). The third kappa shape index (κ3) is 3.41. The summed E-state index contributed by atoms with van der Waals surface area (Å²) in [6.45, 7) is 0. The highest BCUT2D eigenvalue weighted by atomic mass is 14.9. The van der Waals surface area contributed by atoms with Gasteiger partial charge in [0.2, 0.25) is 0 Å². The van der Waals surface area contributed by atoms with Crippen LogP contribution in [0.25, 0.3) is 66.4 Å². The molecule has 2 heterocycles. The molecule has 0 N–H and O–H groups in total. The molecule has 0 spiro atoms. The number of rotatable bonds is 3.